The van der Waals surface area contributed by atoms with Crippen LogP contribution in [0.1, 0.15) is 33.0 Å². The molecule has 2 aromatic heterocycles. The first-order chi connectivity index (χ1) is 12.3. The van der Waals surface area contributed by atoms with Crippen molar-refractivity contribution in [2.75, 3.05) is 0 Å². The number of rotatable bonds is 0. The van der Waals surface area contributed by atoms with E-state index >= 15 is 0 Å². The molecule has 3 heteroatoms. The molecule has 2 bridgehead atoms. The summed E-state index contributed by atoms with van der Waals surface area (Å²) in [6, 6.07) is 21.6. The van der Waals surface area contributed by atoms with E-state index in [1.165, 1.54) is 33.3 Å². The van der Waals surface area contributed by atoms with Gasteiger partial charge in [-0.3, -0.25) is 9.97 Å². The van der Waals surface area contributed by atoms with Crippen LogP contribution in [0.25, 0.3) is 21.8 Å². The molecule has 0 radical (unpaired) electrons. The first-order valence-electron chi connectivity index (χ1n) is 8.78. The van der Waals surface area contributed by atoms with Crippen molar-refractivity contribution in [2.24, 2.45) is 0 Å². The van der Waals surface area contributed by atoms with Crippen LogP contribution in [-0.4, -0.2) is 9.97 Å². The average Bonchev–Trinajstić information content (AvgIpc) is 2.65. The van der Waals surface area contributed by atoms with E-state index in [0.717, 1.165) is 23.9 Å². The number of hydrogen-bond donors (Lipinski definition) is 0. The van der Waals surface area contributed by atoms with Gasteiger partial charge in [-0.25, -0.2) is 0 Å². The van der Waals surface area contributed by atoms with Crippen molar-refractivity contribution in [3.05, 3.63) is 83.2 Å². The van der Waals surface area contributed by atoms with E-state index in [0.29, 0.717) is 10.5 Å². The van der Waals surface area contributed by atoms with Crippen molar-refractivity contribution in [1.29, 1.82) is 0 Å². The largest absolute Gasteiger partial charge is 0.251 e. The molecule has 25 heavy (non-hydrogen) atoms. The highest BCUT2D eigenvalue weighted by Gasteiger charge is 2.36. The Morgan fingerprint density at radius 1 is 0.680 bits per heavy atom. The van der Waals surface area contributed by atoms with E-state index in [-0.39, 0.29) is 0 Å². The molecule has 2 atom stereocenters. The summed E-state index contributed by atoms with van der Waals surface area (Å²) in [6.07, 6.45) is 2.07. The molecule has 0 saturated heterocycles. The highest BCUT2D eigenvalue weighted by molar-refractivity contribution is 7.99. The molecule has 2 aromatic carbocycles. The maximum atomic E-state index is 5.03. The minimum Gasteiger partial charge on any atom is -0.251 e. The van der Waals surface area contributed by atoms with Gasteiger partial charge in [0.1, 0.15) is 0 Å². The molecule has 0 amide bonds. The van der Waals surface area contributed by atoms with Crippen molar-refractivity contribution < 1.29 is 0 Å². The minimum absolute atomic E-state index is 0.453. The van der Waals surface area contributed by atoms with Crippen LogP contribution in [0.15, 0.2) is 60.7 Å². The van der Waals surface area contributed by atoms with Crippen molar-refractivity contribution in [2.45, 2.75) is 23.3 Å². The summed E-state index contributed by atoms with van der Waals surface area (Å²) >= 11 is 2.05. The number of thioether (sulfide) groups is 1. The number of benzene rings is 2. The van der Waals surface area contributed by atoms with E-state index in [1.54, 1.807) is 0 Å². The fraction of sp³-hybridized carbons (Fsp3) is 0.182. The molecular formula is C22H16N2S. The summed E-state index contributed by atoms with van der Waals surface area (Å²) in [4.78, 5) is 10.1. The standard InChI is InChI=1S/C22H16N2S/c1-3-7-17-13(5-1)9-15-11-19-22-16(12-20(25-19)21(15)23-17)10-14-6-2-4-8-18(14)24-22/h1-10,19-20H,11-12H2. The molecule has 2 nitrogen and oxygen atoms in total. The molecule has 6 rings (SSSR count). The zero-order valence-electron chi connectivity index (χ0n) is 13.6. The Hall–Kier alpha value is -2.39. The Labute approximate surface area is 150 Å². The van der Waals surface area contributed by atoms with Crippen LogP contribution < -0.4 is 0 Å². The lowest BCUT2D eigenvalue weighted by Gasteiger charge is -2.36. The van der Waals surface area contributed by atoms with Gasteiger partial charge in [0.15, 0.2) is 0 Å². The Kier molecular flexibility index (Phi) is 2.80. The van der Waals surface area contributed by atoms with Crippen LogP contribution in [0, 0.1) is 0 Å². The van der Waals surface area contributed by atoms with Crippen LogP contribution in [0.2, 0.25) is 0 Å². The summed E-state index contributed by atoms with van der Waals surface area (Å²) in [5.74, 6) is 0. The lowest BCUT2D eigenvalue weighted by Crippen LogP contribution is -2.22. The number of hydrogen-bond acceptors (Lipinski definition) is 3. The van der Waals surface area contributed by atoms with Gasteiger partial charge in [-0.2, -0.15) is 0 Å². The number of aromatic nitrogens is 2. The second kappa shape index (κ2) is 5.06. The summed E-state index contributed by atoms with van der Waals surface area (Å²) in [6.45, 7) is 0. The zero-order chi connectivity index (χ0) is 16.4. The smallest absolute Gasteiger partial charge is 0.0706 e. The maximum Gasteiger partial charge on any atom is 0.0706 e. The molecule has 0 saturated carbocycles. The Bertz CT molecular complexity index is 1060. The summed E-state index contributed by atoms with van der Waals surface area (Å²) in [7, 11) is 0. The lowest BCUT2D eigenvalue weighted by atomic mass is 9.91. The summed E-state index contributed by atoms with van der Waals surface area (Å²) in [5.41, 5.74) is 7.63. The van der Waals surface area contributed by atoms with Crippen LogP contribution in [0.4, 0.5) is 0 Å². The van der Waals surface area contributed by atoms with Gasteiger partial charge in [-0.15, -0.1) is 11.8 Å². The van der Waals surface area contributed by atoms with Crippen molar-refractivity contribution in [1.82, 2.24) is 9.97 Å². The molecule has 4 aromatic rings. The van der Waals surface area contributed by atoms with Crippen LogP contribution >= 0.6 is 11.8 Å². The first kappa shape index (κ1) is 13.9. The molecule has 120 valence electrons. The molecule has 0 spiro atoms. The van der Waals surface area contributed by atoms with E-state index < -0.39 is 0 Å². The van der Waals surface area contributed by atoms with Gasteiger partial charge >= 0.3 is 0 Å². The third-order valence-corrected chi connectivity index (χ3v) is 6.86. The Balaban J connectivity index is 1.54. The fourth-order valence-electron chi connectivity index (χ4n) is 4.25. The lowest BCUT2D eigenvalue weighted by molar-refractivity contribution is 0.734. The normalized spacial score (nSPS) is 21.1. The predicted octanol–water partition coefficient (Wildman–Crippen LogP) is 5.41. The van der Waals surface area contributed by atoms with Gasteiger partial charge in [0.25, 0.3) is 0 Å². The van der Waals surface area contributed by atoms with Gasteiger partial charge in [0.2, 0.25) is 0 Å². The third kappa shape index (κ3) is 2.05. The molecule has 4 heterocycles. The van der Waals surface area contributed by atoms with Gasteiger partial charge < -0.3 is 0 Å². The van der Waals surface area contributed by atoms with Gasteiger partial charge in [0.05, 0.1) is 32.9 Å². The van der Waals surface area contributed by atoms with Crippen LogP contribution in [0.5, 0.6) is 0 Å². The van der Waals surface area contributed by atoms with Crippen LogP contribution in [0.3, 0.4) is 0 Å². The van der Waals surface area contributed by atoms with E-state index in [4.69, 9.17) is 9.97 Å². The summed E-state index contributed by atoms with van der Waals surface area (Å²) in [5, 5.41) is 3.40. The topological polar surface area (TPSA) is 25.8 Å². The fourth-order valence-corrected chi connectivity index (χ4v) is 5.86. The van der Waals surface area contributed by atoms with E-state index in [2.05, 4.69) is 72.4 Å². The molecule has 2 aliphatic heterocycles. The van der Waals surface area contributed by atoms with Gasteiger partial charge in [-0.1, -0.05) is 36.4 Å². The summed E-state index contributed by atoms with van der Waals surface area (Å²) < 4.78 is 0. The van der Waals surface area contributed by atoms with Crippen molar-refractivity contribution in [3.63, 3.8) is 0 Å². The van der Waals surface area contributed by atoms with Crippen LogP contribution in [-0.2, 0) is 12.8 Å². The van der Waals surface area contributed by atoms with Crippen molar-refractivity contribution >= 4 is 33.6 Å². The van der Waals surface area contributed by atoms with Gasteiger partial charge in [-0.05, 0) is 48.2 Å². The average molecular weight is 340 g/mol. The molecule has 0 fully saturated rings. The highest BCUT2D eigenvalue weighted by Crippen LogP contribution is 2.53. The maximum absolute atomic E-state index is 5.03. The second-order valence-corrected chi connectivity index (χ2v) is 8.38. The Morgan fingerprint density at radius 3 is 1.68 bits per heavy atom. The van der Waals surface area contributed by atoms with Gasteiger partial charge in [0, 0.05) is 10.8 Å². The first-order valence-corrected chi connectivity index (χ1v) is 9.72. The molecule has 2 aliphatic rings. The number of nitrogens with zero attached hydrogens (tertiary/aromatic N) is 2. The Morgan fingerprint density at radius 2 is 1.16 bits per heavy atom. The number of para-hydroxylation sites is 2. The highest BCUT2D eigenvalue weighted by atomic mass is 32.2. The number of pyridine rings is 2. The molecule has 0 N–H and O–H groups in total. The number of fused-ring (bicyclic) bond motifs is 8. The quantitative estimate of drug-likeness (QED) is 0.428. The molecular weight excluding hydrogens is 324 g/mol. The second-order valence-electron chi connectivity index (χ2n) is 6.97. The SMILES string of the molecule is c1ccc2nc3c(cc2c1)CC1SC3Cc2cc3ccccc3nc21. The minimum atomic E-state index is 0.453. The van der Waals surface area contributed by atoms with E-state index in [9.17, 15) is 0 Å². The molecule has 2 unspecified atom stereocenters. The zero-order valence-corrected chi connectivity index (χ0v) is 14.5. The predicted molar refractivity (Wildman–Crippen MR) is 104 cm³/mol. The van der Waals surface area contributed by atoms with Crippen molar-refractivity contribution in [3.8, 4) is 0 Å². The molecule has 0 aliphatic carbocycles. The van der Waals surface area contributed by atoms with E-state index in [1.807, 2.05) is 0 Å². The monoisotopic (exact) mass is 340 g/mol. The third-order valence-electron chi connectivity index (χ3n) is 5.42.